The second-order valence-electron chi connectivity index (χ2n) is 4.69. The Kier molecular flexibility index (Phi) is 4.50. The third-order valence-corrected chi connectivity index (χ3v) is 3.09. The van der Waals surface area contributed by atoms with E-state index in [0.717, 1.165) is 17.9 Å². The van der Waals surface area contributed by atoms with E-state index < -0.39 is 0 Å². The summed E-state index contributed by atoms with van der Waals surface area (Å²) < 4.78 is 13.6. The molecule has 1 unspecified atom stereocenters. The van der Waals surface area contributed by atoms with Crippen LogP contribution < -0.4 is 10.6 Å². The van der Waals surface area contributed by atoms with Crippen molar-refractivity contribution >= 4 is 11.6 Å². The number of nitrogens with one attached hydrogen (secondary N) is 2. The maximum atomic E-state index is 13.6. The van der Waals surface area contributed by atoms with Gasteiger partial charge < -0.3 is 10.6 Å². The minimum Gasteiger partial charge on any atom is -0.370 e. The fourth-order valence-corrected chi connectivity index (χ4v) is 1.90. The van der Waals surface area contributed by atoms with Crippen LogP contribution in [-0.4, -0.2) is 16.5 Å². The molecule has 0 aliphatic rings. The summed E-state index contributed by atoms with van der Waals surface area (Å²) in [6, 6.07) is 7.06. The summed E-state index contributed by atoms with van der Waals surface area (Å²) >= 11 is 0. The molecule has 0 spiro atoms. The van der Waals surface area contributed by atoms with Crippen LogP contribution >= 0.6 is 0 Å². The fourth-order valence-electron chi connectivity index (χ4n) is 1.90. The summed E-state index contributed by atoms with van der Waals surface area (Å²) in [6.07, 6.45) is 1.50. The van der Waals surface area contributed by atoms with E-state index in [-0.39, 0.29) is 11.9 Å². The molecule has 1 aromatic heterocycles. The van der Waals surface area contributed by atoms with Crippen LogP contribution in [0.15, 0.2) is 30.6 Å². The molecule has 0 amide bonds. The van der Waals surface area contributed by atoms with Crippen LogP contribution in [0.1, 0.15) is 31.0 Å². The molecule has 5 heteroatoms. The van der Waals surface area contributed by atoms with Crippen molar-refractivity contribution in [3.63, 3.8) is 0 Å². The van der Waals surface area contributed by atoms with Gasteiger partial charge in [0.2, 0.25) is 0 Å². The van der Waals surface area contributed by atoms with E-state index in [4.69, 9.17) is 0 Å². The molecule has 2 N–H and O–H groups in total. The molecule has 20 heavy (non-hydrogen) atoms. The molecule has 1 aromatic carbocycles. The standard InChI is InChI=1S/C15H19FN4/c1-4-17-14-8-15(19-9-18-14)20-11(3)12-6-5-10(2)13(16)7-12/h5-9,11H,4H2,1-3H3,(H2,17,18,19,20). The lowest BCUT2D eigenvalue weighted by atomic mass is 10.1. The van der Waals surface area contributed by atoms with Gasteiger partial charge in [-0.2, -0.15) is 0 Å². The molecule has 2 aromatic rings. The van der Waals surface area contributed by atoms with Gasteiger partial charge in [0.25, 0.3) is 0 Å². The number of anilines is 2. The smallest absolute Gasteiger partial charge is 0.131 e. The van der Waals surface area contributed by atoms with Crippen LogP contribution in [0.5, 0.6) is 0 Å². The zero-order valence-corrected chi connectivity index (χ0v) is 11.9. The van der Waals surface area contributed by atoms with Gasteiger partial charge >= 0.3 is 0 Å². The Balaban J connectivity index is 2.12. The van der Waals surface area contributed by atoms with E-state index >= 15 is 0 Å². The van der Waals surface area contributed by atoms with Crippen molar-refractivity contribution in [3.05, 3.63) is 47.5 Å². The number of rotatable bonds is 5. The van der Waals surface area contributed by atoms with Crippen molar-refractivity contribution in [1.82, 2.24) is 9.97 Å². The Morgan fingerprint density at radius 1 is 1.20 bits per heavy atom. The van der Waals surface area contributed by atoms with E-state index in [1.807, 2.05) is 26.0 Å². The predicted octanol–water partition coefficient (Wildman–Crippen LogP) is 3.53. The van der Waals surface area contributed by atoms with Crippen LogP contribution in [0, 0.1) is 12.7 Å². The minimum absolute atomic E-state index is 0.0329. The van der Waals surface area contributed by atoms with E-state index in [0.29, 0.717) is 11.4 Å². The van der Waals surface area contributed by atoms with Crippen molar-refractivity contribution in [1.29, 1.82) is 0 Å². The highest BCUT2D eigenvalue weighted by Crippen LogP contribution is 2.20. The first kappa shape index (κ1) is 14.2. The highest BCUT2D eigenvalue weighted by atomic mass is 19.1. The molecule has 0 aliphatic carbocycles. The zero-order chi connectivity index (χ0) is 14.5. The lowest BCUT2D eigenvalue weighted by molar-refractivity contribution is 0.614. The molecular formula is C15H19FN4. The molecule has 4 nitrogen and oxygen atoms in total. The molecular weight excluding hydrogens is 255 g/mol. The fraction of sp³-hybridized carbons (Fsp3) is 0.333. The second-order valence-corrected chi connectivity index (χ2v) is 4.69. The lowest BCUT2D eigenvalue weighted by Crippen LogP contribution is -2.09. The monoisotopic (exact) mass is 274 g/mol. The van der Waals surface area contributed by atoms with Crippen molar-refractivity contribution in [3.8, 4) is 0 Å². The molecule has 1 heterocycles. The summed E-state index contributed by atoms with van der Waals surface area (Å²) in [6.45, 7) is 6.53. The van der Waals surface area contributed by atoms with Crippen LogP contribution in [0.4, 0.5) is 16.0 Å². The van der Waals surface area contributed by atoms with Gasteiger partial charge in [-0.05, 0) is 38.0 Å². The Labute approximate surface area is 118 Å². The molecule has 2 rings (SSSR count). The van der Waals surface area contributed by atoms with Crippen LogP contribution in [0.3, 0.4) is 0 Å². The molecule has 0 aliphatic heterocycles. The lowest BCUT2D eigenvalue weighted by Gasteiger charge is -2.16. The topological polar surface area (TPSA) is 49.8 Å². The molecule has 1 atom stereocenters. The molecule has 0 radical (unpaired) electrons. The quantitative estimate of drug-likeness (QED) is 0.875. The maximum Gasteiger partial charge on any atom is 0.131 e. The van der Waals surface area contributed by atoms with Gasteiger partial charge in [-0.1, -0.05) is 12.1 Å². The third kappa shape index (κ3) is 3.44. The van der Waals surface area contributed by atoms with Gasteiger partial charge in [-0.15, -0.1) is 0 Å². The number of aromatic nitrogens is 2. The molecule has 0 bridgehead atoms. The average molecular weight is 274 g/mol. The van der Waals surface area contributed by atoms with Crippen molar-refractivity contribution in [2.24, 2.45) is 0 Å². The number of hydrogen-bond donors (Lipinski definition) is 2. The number of benzene rings is 1. The van der Waals surface area contributed by atoms with E-state index in [1.54, 1.807) is 19.1 Å². The van der Waals surface area contributed by atoms with Crippen LogP contribution in [0.2, 0.25) is 0 Å². The third-order valence-electron chi connectivity index (χ3n) is 3.09. The zero-order valence-electron chi connectivity index (χ0n) is 11.9. The summed E-state index contributed by atoms with van der Waals surface area (Å²) in [5, 5.41) is 6.37. The van der Waals surface area contributed by atoms with Crippen LogP contribution in [0.25, 0.3) is 0 Å². The summed E-state index contributed by atoms with van der Waals surface area (Å²) in [5.74, 6) is 1.30. The van der Waals surface area contributed by atoms with Crippen LogP contribution in [-0.2, 0) is 0 Å². The second kappa shape index (κ2) is 6.32. The van der Waals surface area contributed by atoms with Gasteiger partial charge in [0, 0.05) is 12.6 Å². The van der Waals surface area contributed by atoms with E-state index in [1.165, 1.54) is 6.33 Å². The highest BCUT2D eigenvalue weighted by molar-refractivity contribution is 5.47. The first-order valence-corrected chi connectivity index (χ1v) is 6.68. The first-order valence-electron chi connectivity index (χ1n) is 6.68. The maximum absolute atomic E-state index is 13.6. The van der Waals surface area contributed by atoms with Crippen molar-refractivity contribution in [2.75, 3.05) is 17.2 Å². The van der Waals surface area contributed by atoms with Gasteiger partial charge in [-0.3, -0.25) is 0 Å². The SMILES string of the molecule is CCNc1cc(NC(C)c2ccc(C)c(F)c2)ncn1. The number of nitrogens with zero attached hydrogens (tertiary/aromatic N) is 2. The van der Waals surface area contributed by atoms with E-state index in [9.17, 15) is 4.39 Å². The number of hydrogen-bond acceptors (Lipinski definition) is 4. The van der Waals surface area contributed by atoms with Gasteiger partial charge in [0.05, 0.1) is 6.04 Å². The van der Waals surface area contributed by atoms with E-state index in [2.05, 4.69) is 20.6 Å². The Morgan fingerprint density at radius 3 is 2.65 bits per heavy atom. The van der Waals surface area contributed by atoms with Gasteiger partial charge in [0.15, 0.2) is 0 Å². The predicted molar refractivity (Wildman–Crippen MR) is 79.4 cm³/mol. The summed E-state index contributed by atoms with van der Waals surface area (Å²) in [5.41, 5.74) is 1.54. The average Bonchev–Trinajstić information content (AvgIpc) is 2.42. The normalized spacial score (nSPS) is 12.0. The molecule has 0 saturated carbocycles. The molecule has 106 valence electrons. The van der Waals surface area contributed by atoms with Crippen molar-refractivity contribution in [2.45, 2.75) is 26.8 Å². The number of halogens is 1. The first-order chi connectivity index (χ1) is 9.60. The minimum atomic E-state index is -0.188. The van der Waals surface area contributed by atoms with Crippen molar-refractivity contribution < 1.29 is 4.39 Å². The largest absolute Gasteiger partial charge is 0.370 e. The Morgan fingerprint density at radius 2 is 1.95 bits per heavy atom. The molecule has 0 fully saturated rings. The van der Waals surface area contributed by atoms with Gasteiger partial charge in [0.1, 0.15) is 23.8 Å². The Hall–Kier alpha value is -2.17. The summed E-state index contributed by atoms with van der Waals surface area (Å²) in [4.78, 5) is 8.28. The molecule has 0 saturated heterocycles. The van der Waals surface area contributed by atoms with Gasteiger partial charge in [-0.25, -0.2) is 14.4 Å². The highest BCUT2D eigenvalue weighted by Gasteiger charge is 2.09. The Bertz CT molecular complexity index is 586. The number of aryl methyl sites for hydroxylation is 1. The summed E-state index contributed by atoms with van der Waals surface area (Å²) in [7, 11) is 0.